The number of hydrogen-bond donors (Lipinski definition) is 0. The average Bonchev–Trinajstić information content (AvgIpc) is 2.02. The summed E-state index contributed by atoms with van der Waals surface area (Å²) in [4.78, 5) is 0. The minimum Gasteiger partial charge on any atom is -0.0962 e. The van der Waals surface area contributed by atoms with Gasteiger partial charge >= 0.3 is 0 Å². The predicted molar refractivity (Wildman–Crippen MR) is 63.4 cm³/mol. The molecule has 1 aliphatic carbocycles. The molecule has 0 radical (unpaired) electrons. The largest absolute Gasteiger partial charge is 0.0962 e. The quantitative estimate of drug-likeness (QED) is 0.541. The van der Waals surface area contributed by atoms with Crippen LogP contribution in [0, 0.1) is 0 Å². The van der Waals surface area contributed by atoms with Gasteiger partial charge in [-0.3, -0.25) is 0 Å². The lowest BCUT2D eigenvalue weighted by atomic mass is 9.07. The fraction of sp³-hybridized carbons (Fsp3) is 1.00. The lowest BCUT2D eigenvalue weighted by molar-refractivity contribution is 0.502. The van der Waals surface area contributed by atoms with Gasteiger partial charge in [0.2, 0.25) is 0 Å². The van der Waals surface area contributed by atoms with Gasteiger partial charge in [0.1, 0.15) is 0 Å². The first kappa shape index (κ1) is 10.3. The van der Waals surface area contributed by atoms with E-state index in [9.17, 15) is 0 Å². The van der Waals surface area contributed by atoms with Crippen LogP contribution in [-0.4, -0.2) is 21.4 Å². The van der Waals surface area contributed by atoms with Crippen molar-refractivity contribution in [2.24, 2.45) is 0 Å². The van der Waals surface area contributed by atoms with Gasteiger partial charge in [-0.15, -0.1) is 0 Å². The van der Waals surface area contributed by atoms with E-state index in [0.717, 1.165) is 12.3 Å². The molecular weight excluding hydrogens is 141 g/mol. The van der Waals surface area contributed by atoms with Gasteiger partial charge in [-0.25, -0.2) is 0 Å². The first-order valence-electron chi connectivity index (χ1n) is 5.84. The summed E-state index contributed by atoms with van der Waals surface area (Å²) >= 11 is 0. The van der Waals surface area contributed by atoms with Crippen molar-refractivity contribution in [3.63, 3.8) is 0 Å². The summed E-state index contributed by atoms with van der Waals surface area (Å²) in [5.41, 5.74) is 0. The summed E-state index contributed by atoms with van der Waals surface area (Å²) in [5, 5.41) is 0. The molecule has 1 aliphatic rings. The van der Waals surface area contributed by atoms with E-state index in [1.165, 1.54) is 52.1 Å². The molecule has 0 bridgehead atoms. The fourth-order valence-corrected chi connectivity index (χ4v) is 2.39. The molecule has 12 heavy (non-hydrogen) atoms. The standard InChI is InChI=1S/C9H21B3/c1-11-12(10)9-7-5-3-2-4-6-8-9/h9,11H,2-8,10H2,1H3. The van der Waals surface area contributed by atoms with Crippen LogP contribution in [0.2, 0.25) is 12.6 Å². The van der Waals surface area contributed by atoms with Crippen molar-refractivity contribution in [1.82, 2.24) is 0 Å². The Hall–Kier alpha value is 0.195. The fourth-order valence-electron chi connectivity index (χ4n) is 2.39. The van der Waals surface area contributed by atoms with Crippen LogP contribution in [0.15, 0.2) is 0 Å². The zero-order valence-electron chi connectivity index (χ0n) is 8.81. The summed E-state index contributed by atoms with van der Waals surface area (Å²) in [7, 11) is 3.82. The second kappa shape index (κ2) is 5.77. The predicted octanol–water partition coefficient (Wildman–Crippen LogP) is 1.71. The van der Waals surface area contributed by atoms with E-state index in [1.54, 1.807) is 0 Å². The number of hydrogen-bond acceptors (Lipinski definition) is 0. The molecule has 0 aromatic heterocycles. The third-order valence-corrected chi connectivity index (χ3v) is 3.60. The molecule has 0 unspecified atom stereocenters. The third-order valence-electron chi connectivity index (χ3n) is 3.60. The van der Waals surface area contributed by atoms with Gasteiger partial charge in [-0.05, 0) is 0 Å². The lowest BCUT2D eigenvalue weighted by Gasteiger charge is -2.22. The highest BCUT2D eigenvalue weighted by atomic mass is 14.1. The molecule has 1 rings (SSSR count). The van der Waals surface area contributed by atoms with E-state index in [-0.39, 0.29) is 0 Å². The second-order valence-corrected chi connectivity index (χ2v) is 4.49. The Labute approximate surface area is 79.6 Å². The molecule has 0 amide bonds. The average molecular weight is 162 g/mol. The summed E-state index contributed by atoms with van der Waals surface area (Å²) in [5.74, 6) is 1.05. The molecule has 0 N–H and O–H groups in total. The Bertz CT molecular complexity index is 108. The molecule has 1 fully saturated rings. The molecule has 0 heterocycles. The second-order valence-electron chi connectivity index (χ2n) is 4.49. The van der Waals surface area contributed by atoms with Crippen molar-refractivity contribution in [3.05, 3.63) is 0 Å². The lowest BCUT2D eigenvalue weighted by Crippen LogP contribution is -2.28. The molecule has 0 aromatic carbocycles. The van der Waals surface area contributed by atoms with Gasteiger partial charge in [0.15, 0.2) is 0 Å². The Morgan fingerprint density at radius 3 is 2.08 bits per heavy atom. The van der Waals surface area contributed by atoms with Gasteiger partial charge in [-0.1, -0.05) is 57.6 Å². The molecule has 0 saturated heterocycles. The molecule has 0 aliphatic heterocycles. The van der Waals surface area contributed by atoms with Crippen molar-refractivity contribution >= 4 is 21.4 Å². The van der Waals surface area contributed by atoms with Crippen LogP contribution < -0.4 is 0 Å². The third kappa shape index (κ3) is 3.29. The normalized spacial score (nSPS) is 21.1. The topological polar surface area (TPSA) is 0 Å². The van der Waals surface area contributed by atoms with Gasteiger partial charge < -0.3 is 0 Å². The molecule has 0 aromatic rings. The summed E-state index contributed by atoms with van der Waals surface area (Å²) in [6.07, 6.45) is 10.5. The Morgan fingerprint density at radius 2 is 1.58 bits per heavy atom. The first-order chi connectivity index (χ1) is 5.84. The van der Waals surface area contributed by atoms with Crippen LogP contribution in [0.4, 0.5) is 0 Å². The van der Waals surface area contributed by atoms with Crippen LogP contribution in [0.5, 0.6) is 0 Å². The SMILES string of the molecule is BB(BC)C1CCCCCCC1. The van der Waals surface area contributed by atoms with E-state index >= 15 is 0 Å². The van der Waals surface area contributed by atoms with E-state index in [2.05, 4.69) is 14.6 Å². The Balaban J connectivity index is 2.29. The highest BCUT2D eigenvalue weighted by molar-refractivity contribution is 7.35. The van der Waals surface area contributed by atoms with E-state index in [1.807, 2.05) is 0 Å². The van der Waals surface area contributed by atoms with Crippen LogP contribution in [-0.2, 0) is 0 Å². The van der Waals surface area contributed by atoms with Gasteiger partial charge in [0.05, 0.1) is 21.4 Å². The molecule has 0 nitrogen and oxygen atoms in total. The zero-order chi connectivity index (χ0) is 8.81. The van der Waals surface area contributed by atoms with Crippen LogP contribution in [0.1, 0.15) is 44.9 Å². The van der Waals surface area contributed by atoms with Crippen molar-refractivity contribution < 1.29 is 0 Å². The van der Waals surface area contributed by atoms with E-state index < -0.39 is 0 Å². The van der Waals surface area contributed by atoms with Crippen molar-refractivity contribution in [2.75, 3.05) is 0 Å². The maximum atomic E-state index is 2.44. The number of rotatable bonds is 2. The van der Waals surface area contributed by atoms with Gasteiger partial charge in [0.25, 0.3) is 0 Å². The molecule has 66 valence electrons. The highest BCUT2D eigenvalue weighted by Crippen LogP contribution is 2.27. The van der Waals surface area contributed by atoms with Crippen LogP contribution >= 0.6 is 0 Å². The summed E-state index contributed by atoms with van der Waals surface area (Å²) in [6.45, 7) is 3.31. The highest BCUT2D eigenvalue weighted by Gasteiger charge is 2.18. The summed E-state index contributed by atoms with van der Waals surface area (Å²) < 4.78 is 0. The van der Waals surface area contributed by atoms with Gasteiger partial charge in [-0.2, -0.15) is 0 Å². The van der Waals surface area contributed by atoms with Crippen LogP contribution in [0.25, 0.3) is 0 Å². The van der Waals surface area contributed by atoms with Gasteiger partial charge in [0, 0.05) is 0 Å². The Morgan fingerprint density at radius 1 is 1.08 bits per heavy atom. The van der Waals surface area contributed by atoms with Crippen LogP contribution in [0.3, 0.4) is 0 Å². The minimum absolute atomic E-state index is 0.975. The maximum Gasteiger partial charge on any atom is 0.0788 e. The van der Waals surface area contributed by atoms with E-state index in [0.29, 0.717) is 0 Å². The van der Waals surface area contributed by atoms with Crippen molar-refractivity contribution in [1.29, 1.82) is 0 Å². The van der Waals surface area contributed by atoms with Crippen molar-refractivity contribution in [3.8, 4) is 0 Å². The van der Waals surface area contributed by atoms with E-state index in [4.69, 9.17) is 0 Å². The smallest absolute Gasteiger partial charge is 0.0788 e. The Kier molecular flexibility index (Phi) is 4.95. The van der Waals surface area contributed by atoms with Crippen molar-refractivity contribution in [2.45, 2.75) is 57.6 Å². The first-order valence-corrected chi connectivity index (χ1v) is 5.84. The minimum atomic E-state index is 0.975. The maximum absolute atomic E-state index is 2.44. The molecule has 1 saturated carbocycles. The molecule has 0 spiro atoms. The zero-order valence-corrected chi connectivity index (χ0v) is 8.81. The monoisotopic (exact) mass is 162 g/mol. The molecule has 0 atom stereocenters. The summed E-state index contributed by atoms with van der Waals surface area (Å²) in [6, 6.07) is 0. The molecule has 3 heteroatoms. The molecular formula is C9H21B3.